The van der Waals surface area contributed by atoms with Crippen molar-refractivity contribution in [2.75, 3.05) is 20.6 Å². The number of nitrogens with one attached hydrogen (secondary N) is 1. The van der Waals surface area contributed by atoms with Gasteiger partial charge in [-0.2, -0.15) is 10.7 Å². The van der Waals surface area contributed by atoms with E-state index in [4.69, 9.17) is 0 Å². The first-order valence-electron chi connectivity index (χ1n) is 9.68. The fourth-order valence-corrected chi connectivity index (χ4v) is 4.78. The van der Waals surface area contributed by atoms with E-state index < -0.39 is 0 Å². The second-order valence-electron chi connectivity index (χ2n) is 8.40. The van der Waals surface area contributed by atoms with E-state index in [1.54, 1.807) is 11.1 Å². The number of fused-ring (bicyclic) bond motifs is 4. The highest BCUT2D eigenvalue weighted by molar-refractivity contribution is 5.51. The number of nitrogens with zero attached hydrogens (tertiary/aromatic N) is 3. The van der Waals surface area contributed by atoms with Crippen molar-refractivity contribution in [3.63, 3.8) is 0 Å². The van der Waals surface area contributed by atoms with Gasteiger partial charge >= 0.3 is 0 Å². The van der Waals surface area contributed by atoms with Crippen LogP contribution in [0.3, 0.4) is 0 Å². The zero-order chi connectivity index (χ0) is 18.0. The van der Waals surface area contributed by atoms with Gasteiger partial charge in [-0.3, -0.25) is 0 Å². The van der Waals surface area contributed by atoms with E-state index in [2.05, 4.69) is 72.9 Å². The number of hydrogen-bond acceptors (Lipinski definition) is 4. The smallest absolute Gasteiger partial charge is 0.0443 e. The van der Waals surface area contributed by atoms with Gasteiger partial charge in [0.15, 0.2) is 0 Å². The summed E-state index contributed by atoms with van der Waals surface area (Å²) >= 11 is 0. The summed E-state index contributed by atoms with van der Waals surface area (Å²) in [5.41, 5.74) is 15.5. The van der Waals surface area contributed by atoms with E-state index in [0.29, 0.717) is 6.04 Å². The molecule has 4 heteroatoms. The van der Waals surface area contributed by atoms with Crippen LogP contribution in [0.1, 0.15) is 44.5 Å². The Balaban J connectivity index is 1.49. The molecule has 3 aliphatic rings. The number of likely N-dealkylation sites (N-methyl/N-ethyl adjacent to an activating group) is 1. The maximum atomic E-state index is 3.51. The molecule has 0 bridgehead atoms. The standard InChI is InChI=1S/C22H28N4/c1-14-5-16-7-18-9-20-11-22-13-24(3)25(4)23-26(22)12-21(20)10-19(18)8-17(16)6-15(14)2/h5-6,9-10,22-23H,7-8,11-13H2,1-4H3. The summed E-state index contributed by atoms with van der Waals surface area (Å²) in [6.45, 7) is 6.52. The SMILES string of the molecule is Cc1cc2c(cc1C)Cc1cc3c(cc1C2)CC1CN(C)N(C)NN1C3. The van der Waals surface area contributed by atoms with Gasteiger partial charge in [0.2, 0.25) is 0 Å². The van der Waals surface area contributed by atoms with E-state index in [9.17, 15) is 0 Å². The van der Waals surface area contributed by atoms with Gasteiger partial charge in [0.1, 0.15) is 0 Å². The Hall–Kier alpha value is -1.72. The first-order valence-corrected chi connectivity index (χ1v) is 9.68. The first-order chi connectivity index (χ1) is 12.5. The molecule has 4 nitrogen and oxygen atoms in total. The lowest BCUT2D eigenvalue weighted by atomic mass is 9.81. The second-order valence-corrected chi connectivity index (χ2v) is 8.40. The Kier molecular flexibility index (Phi) is 3.73. The normalized spacial score (nSPS) is 23.2. The van der Waals surface area contributed by atoms with Gasteiger partial charge in [0.05, 0.1) is 0 Å². The lowest BCUT2D eigenvalue weighted by molar-refractivity contribution is -0.173. The quantitative estimate of drug-likeness (QED) is 0.674. The van der Waals surface area contributed by atoms with Gasteiger partial charge in [-0.25, -0.2) is 10.0 Å². The maximum absolute atomic E-state index is 3.51. The Labute approximate surface area is 156 Å². The van der Waals surface area contributed by atoms with Gasteiger partial charge in [-0.05, 0) is 77.6 Å². The molecule has 1 saturated heterocycles. The van der Waals surface area contributed by atoms with Crippen molar-refractivity contribution in [2.45, 2.75) is 45.7 Å². The Morgan fingerprint density at radius 2 is 1.38 bits per heavy atom. The van der Waals surface area contributed by atoms with Crippen LogP contribution in [0.25, 0.3) is 0 Å². The van der Waals surface area contributed by atoms with Crippen molar-refractivity contribution >= 4 is 0 Å². The molecule has 1 unspecified atom stereocenters. The summed E-state index contributed by atoms with van der Waals surface area (Å²) < 4.78 is 0. The zero-order valence-electron chi connectivity index (χ0n) is 16.3. The van der Waals surface area contributed by atoms with Crippen molar-refractivity contribution in [1.29, 1.82) is 0 Å². The number of aryl methyl sites for hydroxylation is 2. The average molecular weight is 348 g/mol. The third kappa shape index (κ3) is 2.60. The largest absolute Gasteiger partial charge is 0.229 e. The fourth-order valence-electron chi connectivity index (χ4n) is 4.78. The molecule has 0 aromatic heterocycles. The van der Waals surface area contributed by atoms with Gasteiger partial charge in [-0.15, -0.1) is 0 Å². The summed E-state index contributed by atoms with van der Waals surface area (Å²) in [6, 6.07) is 10.4. The van der Waals surface area contributed by atoms with Crippen LogP contribution in [0.4, 0.5) is 0 Å². The van der Waals surface area contributed by atoms with Crippen molar-refractivity contribution in [2.24, 2.45) is 0 Å². The highest BCUT2D eigenvalue weighted by Gasteiger charge is 2.33. The molecule has 5 rings (SSSR count). The molecule has 0 spiro atoms. The Bertz CT molecular complexity index is 816. The molecule has 2 aromatic carbocycles. The predicted octanol–water partition coefficient (Wildman–Crippen LogP) is 2.74. The molecular weight excluding hydrogens is 320 g/mol. The molecule has 0 amide bonds. The Morgan fingerprint density at radius 3 is 2.04 bits per heavy atom. The minimum Gasteiger partial charge on any atom is -0.229 e. The lowest BCUT2D eigenvalue weighted by Crippen LogP contribution is -2.66. The average Bonchev–Trinajstić information content (AvgIpc) is 2.59. The van der Waals surface area contributed by atoms with Crippen molar-refractivity contribution in [3.05, 3.63) is 68.8 Å². The van der Waals surface area contributed by atoms with E-state index in [1.165, 1.54) is 33.4 Å². The van der Waals surface area contributed by atoms with Crippen LogP contribution in [-0.2, 0) is 25.8 Å². The van der Waals surface area contributed by atoms with Crippen LogP contribution in [0.2, 0.25) is 0 Å². The summed E-state index contributed by atoms with van der Waals surface area (Å²) in [6.07, 6.45) is 3.31. The summed E-state index contributed by atoms with van der Waals surface area (Å²) in [7, 11) is 4.23. The van der Waals surface area contributed by atoms with Crippen LogP contribution in [0.5, 0.6) is 0 Å². The van der Waals surface area contributed by atoms with Gasteiger partial charge in [-0.1, -0.05) is 24.3 Å². The van der Waals surface area contributed by atoms with E-state index >= 15 is 0 Å². The second kappa shape index (κ2) is 5.89. The fraction of sp³-hybridized carbons (Fsp3) is 0.455. The minimum absolute atomic E-state index is 0.544. The van der Waals surface area contributed by atoms with Crippen LogP contribution in [0, 0.1) is 13.8 Å². The molecular formula is C22H28N4. The van der Waals surface area contributed by atoms with Crippen LogP contribution < -0.4 is 5.53 Å². The lowest BCUT2D eigenvalue weighted by Gasteiger charge is -2.48. The molecule has 1 atom stereocenters. The van der Waals surface area contributed by atoms with Crippen LogP contribution in [-0.4, -0.2) is 41.8 Å². The summed E-state index contributed by atoms with van der Waals surface area (Å²) in [4.78, 5) is 0. The highest BCUT2D eigenvalue weighted by atomic mass is 15.9. The molecule has 136 valence electrons. The first kappa shape index (κ1) is 16.5. The molecule has 0 radical (unpaired) electrons. The van der Waals surface area contributed by atoms with Crippen LogP contribution in [0.15, 0.2) is 24.3 Å². The third-order valence-electron chi connectivity index (χ3n) is 6.60. The Morgan fingerprint density at radius 1 is 0.808 bits per heavy atom. The number of rotatable bonds is 0. The zero-order valence-corrected chi connectivity index (χ0v) is 16.3. The maximum Gasteiger partial charge on any atom is 0.0443 e. The topological polar surface area (TPSA) is 21.8 Å². The van der Waals surface area contributed by atoms with E-state index in [-0.39, 0.29) is 0 Å². The molecule has 2 aromatic rings. The van der Waals surface area contributed by atoms with Gasteiger partial charge < -0.3 is 0 Å². The molecule has 1 N–H and O–H groups in total. The van der Waals surface area contributed by atoms with Crippen molar-refractivity contribution < 1.29 is 0 Å². The molecule has 26 heavy (non-hydrogen) atoms. The van der Waals surface area contributed by atoms with Crippen molar-refractivity contribution in [3.8, 4) is 0 Å². The highest BCUT2D eigenvalue weighted by Crippen LogP contribution is 2.34. The third-order valence-corrected chi connectivity index (χ3v) is 6.60. The minimum atomic E-state index is 0.544. The predicted molar refractivity (Wildman–Crippen MR) is 105 cm³/mol. The van der Waals surface area contributed by atoms with Crippen molar-refractivity contribution in [1.82, 2.24) is 20.7 Å². The van der Waals surface area contributed by atoms with Crippen LogP contribution >= 0.6 is 0 Å². The molecule has 1 fully saturated rings. The number of hydrogen-bond donors (Lipinski definition) is 1. The number of hydrazine groups is 3. The van der Waals surface area contributed by atoms with E-state index in [1.807, 2.05) is 0 Å². The molecule has 2 heterocycles. The van der Waals surface area contributed by atoms with Gasteiger partial charge in [0.25, 0.3) is 0 Å². The summed E-state index contributed by atoms with van der Waals surface area (Å²) in [5.74, 6) is 0. The van der Waals surface area contributed by atoms with E-state index in [0.717, 1.165) is 32.4 Å². The summed E-state index contributed by atoms with van der Waals surface area (Å²) in [5, 5.41) is 6.74. The number of benzene rings is 2. The monoisotopic (exact) mass is 348 g/mol. The molecule has 0 saturated carbocycles. The molecule has 1 aliphatic carbocycles. The van der Waals surface area contributed by atoms with Gasteiger partial charge in [0, 0.05) is 33.2 Å². The molecule has 2 aliphatic heterocycles.